The molecule has 0 saturated heterocycles. The lowest BCUT2D eigenvalue weighted by molar-refractivity contribution is -0.112. The predicted octanol–water partition coefficient (Wildman–Crippen LogP) is 4.77. The zero-order valence-electron chi connectivity index (χ0n) is 13.7. The highest BCUT2D eigenvalue weighted by molar-refractivity contribution is 5.93. The van der Waals surface area contributed by atoms with Crippen LogP contribution in [0, 0.1) is 0 Å². The van der Waals surface area contributed by atoms with Crippen molar-refractivity contribution in [1.29, 1.82) is 0 Å². The smallest absolute Gasteiger partial charge is 0.156 e. The van der Waals surface area contributed by atoms with Crippen molar-refractivity contribution in [3.63, 3.8) is 0 Å². The summed E-state index contributed by atoms with van der Waals surface area (Å²) in [4.78, 5) is 11.2. The van der Waals surface area contributed by atoms with E-state index in [0.29, 0.717) is 0 Å². The van der Waals surface area contributed by atoms with Gasteiger partial charge in [-0.05, 0) is 28.9 Å². The molecule has 0 bridgehead atoms. The van der Waals surface area contributed by atoms with Crippen molar-refractivity contribution in [2.24, 2.45) is 0 Å². The van der Waals surface area contributed by atoms with Crippen LogP contribution in [0.3, 0.4) is 0 Å². The predicted molar refractivity (Wildman–Crippen MR) is 85.1 cm³/mol. The molecule has 1 rings (SSSR count). The van der Waals surface area contributed by atoms with Crippen LogP contribution >= 0.6 is 0 Å². The molecule has 20 heavy (non-hydrogen) atoms. The lowest BCUT2D eigenvalue weighted by Gasteiger charge is -2.27. The van der Waals surface area contributed by atoms with E-state index in [2.05, 4.69) is 47.6 Å². The van der Waals surface area contributed by atoms with Crippen molar-refractivity contribution in [2.45, 2.75) is 59.3 Å². The Hall–Kier alpha value is -1.57. The minimum absolute atomic E-state index is 0.0443. The van der Waals surface area contributed by atoms with E-state index >= 15 is 0 Å². The number of ketones is 1. The number of carbonyl (C=O) groups is 1. The first kappa shape index (κ1) is 16.5. The Bertz CT molecular complexity index is 538. The molecule has 0 unspecified atom stereocenters. The van der Waals surface area contributed by atoms with Crippen LogP contribution in [-0.2, 0) is 15.6 Å². The zero-order chi connectivity index (χ0) is 15.7. The molecular formula is C18H26O2. The third-order valence-corrected chi connectivity index (χ3v) is 3.31. The number of allylic oxidation sites excluding steroid dienone is 1. The largest absolute Gasteiger partial charge is 0.507 e. The molecule has 0 atom stereocenters. The molecule has 2 nitrogen and oxygen atoms in total. The maximum Gasteiger partial charge on any atom is 0.156 e. The fraction of sp³-hybridized carbons (Fsp3) is 0.500. The Morgan fingerprint density at radius 1 is 1.05 bits per heavy atom. The molecular weight excluding hydrogens is 248 g/mol. The lowest BCUT2D eigenvalue weighted by atomic mass is 9.78. The molecule has 1 aromatic rings. The standard InChI is InChI=1S/C18H26O2/c1-12(19)10-16(20)14-9-8-13(17(2,3)4)11-15(14)18(5,6)7/h8-11,20H,1-7H3/b16-10-. The lowest BCUT2D eigenvalue weighted by Crippen LogP contribution is -2.18. The van der Waals surface area contributed by atoms with Gasteiger partial charge in [-0.3, -0.25) is 4.79 Å². The Labute approximate surface area is 122 Å². The van der Waals surface area contributed by atoms with Crippen molar-refractivity contribution < 1.29 is 9.90 Å². The van der Waals surface area contributed by atoms with Crippen LogP contribution in [0.15, 0.2) is 24.3 Å². The topological polar surface area (TPSA) is 37.3 Å². The Morgan fingerprint density at radius 3 is 2.00 bits per heavy atom. The highest BCUT2D eigenvalue weighted by Crippen LogP contribution is 2.33. The van der Waals surface area contributed by atoms with Crippen molar-refractivity contribution in [2.75, 3.05) is 0 Å². The summed E-state index contributed by atoms with van der Waals surface area (Å²) in [5, 5.41) is 10.2. The second-order valence-corrected chi connectivity index (χ2v) is 7.40. The minimum Gasteiger partial charge on any atom is -0.507 e. The van der Waals surface area contributed by atoms with E-state index in [0.717, 1.165) is 11.1 Å². The average molecular weight is 274 g/mol. The molecule has 0 aliphatic carbocycles. The molecule has 0 heterocycles. The van der Waals surface area contributed by atoms with Gasteiger partial charge in [-0.2, -0.15) is 0 Å². The van der Waals surface area contributed by atoms with E-state index in [-0.39, 0.29) is 22.4 Å². The van der Waals surface area contributed by atoms with Gasteiger partial charge in [-0.1, -0.05) is 59.7 Å². The van der Waals surface area contributed by atoms with Crippen LogP contribution in [-0.4, -0.2) is 10.9 Å². The normalized spacial score (nSPS) is 13.4. The number of rotatable bonds is 2. The fourth-order valence-corrected chi connectivity index (χ4v) is 2.12. The summed E-state index contributed by atoms with van der Waals surface area (Å²) in [6.45, 7) is 14.3. The van der Waals surface area contributed by atoms with Gasteiger partial charge in [-0.25, -0.2) is 0 Å². The monoisotopic (exact) mass is 274 g/mol. The first-order valence-corrected chi connectivity index (χ1v) is 6.99. The summed E-state index contributed by atoms with van der Waals surface area (Å²) < 4.78 is 0. The van der Waals surface area contributed by atoms with Gasteiger partial charge < -0.3 is 5.11 Å². The molecule has 1 N–H and O–H groups in total. The maximum absolute atomic E-state index is 11.2. The number of hydrogen-bond acceptors (Lipinski definition) is 2. The highest BCUT2D eigenvalue weighted by Gasteiger charge is 2.23. The molecule has 0 amide bonds. The van der Waals surface area contributed by atoms with E-state index in [1.165, 1.54) is 18.6 Å². The van der Waals surface area contributed by atoms with E-state index in [1.807, 2.05) is 12.1 Å². The summed E-state index contributed by atoms with van der Waals surface area (Å²) in [6.07, 6.45) is 1.28. The van der Waals surface area contributed by atoms with Crippen molar-refractivity contribution in [3.05, 3.63) is 41.0 Å². The van der Waals surface area contributed by atoms with Gasteiger partial charge in [0.25, 0.3) is 0 Å². The maximum atomic E-state index is 11.2. The number of aliphatic hydroxyl groups excluding tert-OH is 1. The molecule has 2 heteroatoms. The third kappa shape index (κ3) is 3.96. The Morgan fingerprint density at radius 2 is 1.60 bits per heavy atom. The summed E-state index contributed by atoms with van der Waals surface area (Å²) in [5.41, 5.74) is 2.97. The molecule has 0 aliphatic rings. The first-order valence-electron chi connectivity index (χ1n) is 6.99. The first-order chi connectivity index (χ1) is 8.93. The van der Waals surface area contributed by atoms with Crippen LogP contribution in [0.1, 0.15) is 65.2 Å². The molecule has 0 fully saturated rings. The van der Waals surface area contributed by atoms with Crippen LogP contribution in [0.2, 0.25) is 0 Å². The third-order valence-electron chi connectivity index (χ3n) is 3.31. The van der Waals surface area contributed by atoms with Gasteiger partial charge in [0.1, 0.15) is 5.76 Å². The summed E-state index contributed by atoms with van der Waals surface area (Å²) in [5.74, 6) is -0.106. The van der Waals surface area contributed by atoms with Gasteiger partial charge in [0.15, 0.2) is 5.78 Å². The highest BCUT2D eigenvalue weighted by atomic mass is 16.3. The number of hydrogen-bond donors (Lipinski definition) is 1. The van der Waals surface area contributed by atoms with Gasteiger partial charge in [-0.15, -0.1) is 0 Å². The van der Waals surface area contributed by atoms with Crippen molar-refractivity contribution in [3.8, 4) is 0 Å². The molecule has 0 aromatic heterocycles. The van der Waals surface area contributed by atoms with Crippen molar-refractivity contribution in [1.82, 2.24) is 0 Å². The van der Waals surface area contributed by atoms with E-state index in [1.54, 1.807) is 0 Å². The van der Waals surface area contributed by atoms with Gasteiger partial charge in [0.05, 0.1) is 0 Å². The Kier molecular flexibility index (Phi) is 4.48. The van der Waals surface area contributed by atoms with Crippen LogP contribution in [0.25, 0.3) is 5.76 Å². The van der Waals surface area contributed by atoms with Crippen LogP contribution in [0.5, 0.6) is 0 Å². The molecule has 1 aromatic carbocycles. The second kappa shape index (κ2) is 5.43. The number of aliphatic hydroxyl groups is 1. The molecule has 0 saturated carbocycles. The summed E-state index contributed by atoms with van der Waals surface area (Å²) in [6, 6.07) is 6.07. The van der Waals surface area contributed by atoms with Gasteiger partial charge >= 0.3 is 0 Å². The quantitative estimate of drug-likeness (QED) is 0.623. The van der Waals surface area contributed by atoms with E-state index < -0.39 is 0 Å². The molecule has 0 spiro atoms. The van der Waals surface area contributed by atoms with Gasteiger partial charge in [0.2, 0.25) is 0 Å². The Balaban J connectivity index is 3.51. The molecule has 0 aliphatic heterocycles. The summed E-state index contributed by atoms with van der Waals surface area (Å²) >= 11 is 0. The molecule has 0 radical (unpaired) electrons. The SMILES string of the molecule is CC(=O)/C=C(\O)c1ccc(C(C)(C)C)cc1C(C)(C)C. The van der Waals surface area contributed by atoms with Crippen LogP contribution in [0.4, 0.5) is 0 Å². The second-order valence-electron chi connectivity index (χ2n) is 7.40. The fourth-order valence-electron chi connectivity index (χ4n) is 2.12. The zero-order valence-corrected chi connectivity index (χ0v) is 13.7. The van der Waals surface area contributed by atoms with Crippen molar-refractivity contribution >= 4 is 11.5 Å². The number of carbonyl (C=O) groups excluding carboxylic acids is 1. The van der Waals surface area contributed by atoms with E-state index in [4.69, 9.17) is 0 Å². The minimum atomic E-state index is -0.151. The number of benzene rings is 1. The van der Waals surface area contributed by atoms with E-state index in [9.17, 15) is 9.90 Å². The summed E-state index contributed by atoms with van der Waals surface area (Å²) in [7, 11) is 0. The average Bonchev–Trinajstić information content (AvgIpc) is 2.24. The molecule has 110 valence electrons. The van der Waals surface area contributed by atoms with Crippen LogP contribution < -0.4 is 0 Å². The van der Waals surface area contributed by atoms with Gasteiger partial charge in [0, 0.05) is 11.6 Å².